The largest absolute Gasteiger partial charge is 0.465 e. The molecule has 3 aromatic carbocycles. The Labute approximate surface area is 196 Å². The van der Waals surface area contributed by atoms with Crippen molar-refractivity contribution >= 4 is 44.9 Å². The number of methoxy groups -OCH3 is 1. The fourth-order valence-corrected chi connectivity index (χ4v) is 4.34. The highest BCUT2D eigenvalue weighted by atomic mass is 35.5. The third-order valence-corrected chi connectivity index (χ3v) is 6.16. The minimum Gasteiger partial charge on any atom is -0.465 e. The zero-order valence-electron chi connectivity index (χ0n) is 17.7. The third kappa shape index (κ3) is 6.22. The summed E-state index contributed by atoms with van der Waals surface area (Å²) in [5, 5.41) is 0.252. The highest BCUT2D eigenvalue weighted by molar-refractivity contribution is 7.93. The normalized spacial score (nSPS) is 10.5. The number of carbonyl (C=O) groups is 2. The zero-order valence-corrected chi connectivity index (χ0v) is 19.3. The number of rotatable bonds is 7. The number of halogens is 1. The number of para-hydroxylation sites is 1. The first-order valence-corrected chi connectivity index (χ1v) is 11.2. The predicted octanol–water partition coefficient (Wildman–Crippen LogP) is 3.17. The second-order valence-corrected chi connectivity index (χ2v) is 8.79. The van der Waals surface area contributed by atoms with Gasteiger partial charge in [0.15, 0.2) is 0 Å². The smallest absolute Gasteiger partial charge is 0.337 e. The van der Waals surface area contributed by atoms with Crippen molar-refractivity contribution in [3.8, 4) is 0 Å². The second-order valence-electron chi connectivity index (χ2n) is 6.73. The summed E-state index contributed by atoms with van der Waals surface area (Å²) < 4.78 is 33.1. The Morgan fingerprint density at radius 1 is 0.909 bits per heavy atom. The quantitative estimate of drug-likeness (QED) is 0.342. The number of hydrogen-bond acceptors (Lipinski definition) is 6. The van der Waals surface area contributed by atoms with Gasteiger partial charge in [-0.3, -0.25) is 20.4 Å². The number of sulfonamides is 1. The van der Waals surface area contributed by atoms with Crippen molar-refractivity contribution < 1.29 is 28.2 Å². The second kappa shape index (κ2) is 10.8. The van der Waals surface area contributed by atoms with E-state index < -0.39 is 21.9 Å². The number of hydrogen-bond donors (Lipinski definition) is 3. The molecule has 33 heavy (non-hydrogen) atoms. The molecule has 9 nitrogen and oxygen atoms in total. The number of nitrogens with one attached hydrogen (secondary N) is 3. The topological polar surface area (TPSA) is 145 Å². The molecule has 5 N–H and O–H groups in total. The Morgan fingerprint density at radius 2 is 1.55 bits per heavy atom. The lowest BCUT2D eigenvalue weighted by Gasteiger charge is -2.16. The molecule has 174 valence electrons. The Hall–Kier alpha value is -3.60. The van der Waals surface area contributed by atoms with E-state index in [1.54, 1.807) is 37.3 Å². The van der Waals surface area contributed by atoms with Crippen LogP contribution >= 0.6 is 11.6 Å². The van der Waals surface area contributed by atoms with Crippen LogP contribution in [0.1, 0.15) is 26.3 Å². The maximum Gasteiger partial charge on any atom is 0.337 e. The molecule has 0 heterocycles. The van der Waals surface area contributed by atoms with Gasteiger partial charge in [-0.25, -0.2) is 13.2 Å². The van der Waals surface area contributed by atoms with Crippen molar-refractivity contribution in [3.05, 3.63) is 88.4 Å². The van der Waals surface area contributed by atoms with E-state index >= 15 is 0 Å². The van der Waals surface area contributed by atoms with Gasteiger partial charge in [0.1, 0.15) is 4.90 Å². The van der Waals surface area contributed by atoms with Crippen LogP contribution in [0.3, 0.4) is 0 Å². The molecule has 0 spiro atoms. The first-order valence-electron chi connectivity index (χ1n) is 9.34. The Morgan fingerprint density at radius 3 is 2.18 bits per heavy atom. The number of esters is 1. The van der Waals surface area contributed by atoms with E-state index in [0.29, 0.717) is 11.1 Å². The van der Waals surface area contributed by atoms with Gasteiger partial charge in [-0.1, -0.05) is 29.8 Å². The molecule has 0 atom stereocenters. The van der Waals surface area contributed by atoms with Crippen LogP contribution in [-0.2, 0) is 14.8 Å². The number of amides is 1. The van der Waals surface area contributed by atoms with Crippen LogP contribution < -0.4 is 15.6 Å². The van der Waals surface area contributed by atoms with Gasteiger partial charge in [-0.05, 0) is 61.0 Å². The lowest BCUT2D eigenvalue weighted by molar-refractivity contribution is 0.0600. The molecule has 3 rings (SSSR count). The number of aryl methyl sites for hydroxylation is 1. The van der Waals surface area contributed by atoms with Crippen LogP contribution in [0, 0.1) is 6.92 Å². The Bertz CT molecular complexity index is 1260. The number of benzene rings is 3. The minimum absolute atomic E-state index is 0. The van der Waals surface area contributed by atoms with Crippen LogP contribution in [0.5, 0.6) is 0 Å². The van der Waals surface area contributed by atoms with Gasteiger partial charge in [-0.15, -0.1) is 0 Å². The minimum atomic E-state index is -4.02. The highest BCUT2D eigenvalue weighted by Crippen LogP contribution is 2.28. The van der Waals surface area contributed by atoms with Crippen molar-refractivity contribution in [1.82, 2.24) is 5.43 Å². The third-order valence-electron chi connectivity index (χ3n) is 4.42. The van der Waals surface area contributed by atoms with Gasteiger partial charge in [0, 0.05) is 5.56 Å². The summed E-state index contributed by atoms with van der Waals surface area (Å²) in [4.78, 5) is 23.9. The summed E-state index contributed by atoms with van der Waals surface area (Å²) in [5.74, 6) is -1.04. The first kappa shape index (κ1) is 25.7. The van der Waals surface area contributed by atoms with Crippen molar-refractivity contribution in [1.29, 1.82) is 0 Å². The van der Waals surface area contributed by atoms with Gasteiger partial charge in [0.25, 0.3) is 15.9 Å². The van der Waals surface area contributed by atoms with E-state index in [9.17, 15) is 18.0 Å². The average molecular weight is 492 g/mol. The maximum atomic E-state index is 13.0. The fraction of sp³-hybridized carbons (Fsp3) is 0.0909. The molecular formula is C22H22ClN3O6S. The monoisotopic (exact) mass is 491 g/mol. The Balaban J connectivity index is 0.00000385. The summed E-state index contributed by atoms with van der Waals surface area (Å²) in [5.41, 5.74) is 6.78. The summed E-state index contributed by atoms with van der Waals surface area (Å²) in [6.07, 6.45) is 0. The number of anilines is 2. The van der Waals surface area contributed by atoms with E-state index in [1.807, 2.05) is 0 Å². The van der Waals surface area contributed by atoms with Crippen LogP contribution in [0.25, 0.3) is 0 Å². The van der Waals surface area contributed by atoms with E-state index in [-0.39, 0.29) is 32.3 Å². The molecule has 0 aliphatic rings. The average Bonchev–Trinajstić information content (AvgIpc) is 2.79. The van der Waals surface area contributed by atoms with Gasteiger partial charge in [0.2, 0.25) is 0 Å². The summed E-state index contributed by atoms with van der Waals surface area (Å²) in [6.45, 7) is 1.75. The lowest BCUT2D eigenvalue weighted by Crippen LogP contribution is -2.30. The summed E-state index contributed by atoms with van der Waals surface area (Å²) >= 11 is 6.07. The maximum absolute atomic E-state index is 13.0. The van der Waals surface area contributed by atoms with E-state index in [1.165, 1.54) is 43.5 Å². The van der Waals surface area contributed by atoms with Crippen molar-refractivity contribution in [2.45, 2.75) is 11.8 Å². The van der Waals surface area contributed by atoms with E-state index in [0.717, 1.165) is 0 Å². The molecule has 0 unspecified atom stereocenters. The molecule has 0 aliphatic heterocycles. The molecular weight excluding hydrogens is 470 g/mol. The lowest BCUT2D eigenvalue weighted by atomic mass is 10.1. The van der Waals surface area contributed by atoms with Gasteiger partial charge in [-0.2, -0.15) is 0 Å². The van der Waals surface area contributed by atoms with Gasteiger partial charge >= 0.3 is 5.97 Å². The van der Waals surface area contributed by atoms with Crippen molar-refractivity contribution in [2.75, 3.05) is 17.3 Å². The first-order chi connectivity index (χ1) is 15.2. The zero-order chi connectivity index (χ0) is 23.3. The van der Waals surface area contributed by atoms with Crippen LogP contribution in [0.4, 0.5) is 11.4 Å². The van der Waals surface area contributed by atoms with Crippen molar-refractivity contribution in [3.63, 3.8) is 0 Å². The van der Waals surface area contributed by atoms with Gasteiger partial charge < -0.3 is 10.2 Å². The standard InChI is InChI=1S/C22H20ClN3O5S.H2O/c1-14-7-12-19(20(13-14)32(29,30)26-18-6-4-3-5-17(18)23)24-25-21(27)15-8-10-16(11-9-15)22(28)31-2;/h3-13,24,26H,1-2H3,(H,25,27);1H2. The molecule has 11 heteroatoms. The SMILES string of the molecule is COC(=O)c1ccc(C(=O)NNc2ccc(C)cc2S(=O)(=O)Nc2ccccc2Cl)cc1.O. The van der Waals surface area contributed by atoms with E-state index in [4.69, 9.17) is 11.6 Å². The molecule has 0 fully saturated rings. The van der Waals surface area contributed by atoms with Crippen molar-refractivity contribution in [2.24, 2.45) is 0 Å². The molecule has 0 bridgehead atoms. The van der Waals surface area contributed by atoms with Crippen LogP contribution in [-0.4, -0.2) is 32.9 Å². The molecule has 3 aromatic rings. The molecule has 0 saturated heterocycles. The Kier molecular flexibility index (Phi) is 8.41. The molecule has 0 radical (unpaired) electrons. The van der Waals surface area contributed by atoms with Gasteiger partial charge in [0.05, 0.1) is 29.1 Å². The molecule has 0 aromatic heterocycles. The summed E-state index contributed by atoms with van der Waals surface area (Å²) in [7, 11) is -2.75. The molecule has 0 aliphatic carbocycles. The molecule has 1 amide bonds. The number of hydrazine groups is 1. The number of ether oxygens (including phenoxy) is 1. The number of carbonyl (C=O) groups excluding carboxylic acids is 2. The fourth-order valence-electron chi connectivity index (χ4n) is 2.77. The predicted molar refractivity (Wildman–Crippen MR) is 126 cm³/mol. The van der Waals surface area contributed by atoms with Crippen LogP contribution in [0.15, 0.2) is 71.6 Å². The van der Waals surface area contributed by atoms with Crippen LogP contribution in [0.2, 0.25) is 5.02 Å². The molecule has 0 saturated carbocycles. The summed E-state index contributed by atoms with van der Waals surface area (Å²) in [6, 6.07) is 17.0. The highest BCUT2D eigenvalue weighted by Gasteiger charge is 2.21. The van der Waals surface area contributed by atoms with E-state index in [2.05, 4.69) is 20.3 Å².